The number of fused-ring (bicyclic) bond motifs is 1. The zero-order valence-corrected chi connectivity index (χ0v) is 18.7. The van der Waals surface area contributed by atoms with Gasteiger partial charge >= 0.3 is 6.09 Å². The fraction of sp³-hybridized carbons (Fsp3) is 0.381. The summed E-state index contributed by atoms with van der Waals surface area (Å²) >= 11 is 0. The summed E-state index contributed by atoms with van der Waals surface area (Å²) in [5.41, 5.74) is 7.75. The number of nitrogens with two attached hydrogens (primary N) is 1. The number of imidazole rings is 1. The number of amides is 3. The predicted octanol–water partition coefficient (Wildman–Crippen LogP) is 1.97. The first kappa shape index (κ1) is 23.6. The molecule has 5 N–H and O–H groups in total. The first-order valence-corrected chi connectivity index (χ1v) is 10.5. The van der Waals surface area contributed by atoms with Crippen molar-refractivity contribution in [2.75, 3.05) is 18.5 Å². The van der Waals surface area contributed by atoms with E-state index in [1.54, 1.807) is 15.3 Å². The number of carboxylic acid groups (broad SMARTS) is 1. The van der Waals surface area contributed by atoms with Crippen molar-refractivity contribution < 1.29 is 24.2 Å². The highest BCUT2D eigenvalue weighted by Crippen LogP contribution is 2.31. The number of primary amides is 1. The smallest absolute Gasteiger partial charge is 0.404 e. The minimum Gasteiger partial charge on any atom is -0.489 e. The minimum absolute atomic E-state index is 0.0254. The van der Waals surface area contributed by atoms with Crippen molar-refractivity contribution in [1.82, 2.24) is 24.6 Å². The Kier molecular flexibility index (Phi) is 7.16. The Morgan fingerprint density at radius 2 is 1.97 bits per heavy atom. The number of ether oxygens (including phenoxy) is 1. The number of nitrogens with one attached hydrogen (secondary N) is 2. The Bertz CT molecular complexity index is 1200. The number of aromatic nitrogens is 4. The molecule has 0 atom stereocenters. The molecular formula is C21H27N7O5. The van der Waals surface area contributed by atoms with Crippen LogP contribution in [0.25, 0.3) is 11.0 Å². The maximum absolute atomic E-state index is 13.0. The molecule has 3 aromatic rings. The van der Waals surface area contributed by atoms with E-state index in [1.165, 1.54) is 12.1 Å². The van der Waals surface area contributed by atoms with Gasteiger partial charge < -0.3 is 25.5 Å². The molecule has 0 aliphatic heterocycles. The Hall–Kier alpha value is -4.09. The van der Waals surface area contributed by atoms with Crippen molar-refractivity contribution in [1.29, 1.82) is 0 Å². The quantitative estimate of drug-likeness (QED) is 0.338. The third-order valence-corrected chi connectivity index (χ3v) is 4.83. The third kappa shape index (κ3) is 5.22. The Labute approximate surface area is 189 Å². The van der Waals surface area contributed by atoms with Crippen LogP contribution in [0, 0.1) is 6.92 Å². The standard InChI is InChI=1S/C21H27N7O5/c1-4-7-27-17-14(10-13(18(22)29)11-16(17)33-8-6-23-21(31)32)24-20(27)25-19(30)15-9-12(3)26-28(15)5-2/h9-11,23H,4-8H2,1-3H3,(H2,22,29)(H,31,32)(H,24,25,30). The summed E-state index contributed by atoms with van der Waals surface area (Å²) < 4.78 is 9.16. The van der Waals surface area contributed by atoms with Gasteiger partial charge in [-0.25, -0.2) is 9.78 Å². The van der Waals surface area contributed by atoms with Gasteiger partial charge in [-0.05, 0) is 38.5 Å². The molecule has 2 aromatic heterocycles. The van der Waals surface area contributed by atoms with Gasteiger partial charge in [-0.15, -0.1) is 0 Å². The van der Waals surface area contributed by atoms with Crippen molar-refractivity contribution in [2.45, 2.75) is 40.3 Å². The number of benzene rings is 1. The topological polar surface area (TPSA) is 166 Å². The molecule has 0 radical (unpaired) electrons. The minimum atomic E-state index is -1.17. The van der Waals surface area contributed by atoms with E-state index in [4.69, 9.17) is 15.6 Å². The molecule has 0 saturated heterocycles. The fourth-order valence-electron chi connectivity index (χ4n) is 3.47. The van der Waals surface area contributed by atoms with Crippen molar-refractivity contribution in [3.05, 3.63) is 35.2 Å². The highest BCUT2D eigenvalue weighted by molar-refractivity contribution is 6.04. The summed E-state index contributed by atoms with van der Waals surface area (Å²) in [6, 6.07) is 4.71. The van der Waals surface area contributed by atoms with Crippen LogP contribution in [0.15, 0.2) is 18.2 Å². The number of anilines is 1. The van der Waals surface area contributed by atoms with Crippen molar-refractivity contribution in [2.24, 2.45) is 5.73 Å². The van der Waals surface area contributed by atoms with E-state index in [-0.39, 0.29) is 30.6 Å². The molecule has 0 spiro atoms. The number of hydrogen-bond acceptors (Lipinski definition) is 6. The van der Waals surface area contributed by atoms with E-state index < -0.39 is 12.0 Å². The lowest BCUT2D eigenvalue weighted by atomic mass is 10.1. The molecule has 3 amide bonds. The van der Waals surface area contributed by atoms with Gasteiger partial charge in [0.05, 0.1) is 17.8 Å². The molecule has 12 nitrogen and oxygen atoms in total. The maximum Gasteiger partial charge on any atom is 0.404 e. The first-order chi connectivity index (χ1) is 15.7. The highest BCUT2D eigenvalue weighted by Gasteiger charge is 2.21. The van der Waals surface area contributed by atoms with Crippen LogP contribution >= 0.6 is 0 Å². The van der Waals surface area contributed by atoms with E-state index in [0.717, 1.165) is 12.1 Å². The Morgan fingerprint density at radius 3 is 2.61 bits per heavy atom. The maximum atomic E-state index is 13.0. The second-order valence-electron chi connectivity index (χ2n) is 7.31. The van der Waals surface area contributed by atoms with Crippen LogP contribution in [-0.4, -0.2) is 55.5 Å². The lowest BCUT2D eigenvalue weighted by Crippen LogP contribution is -2.26. The van der Waals surface area contributed by atoms with E-state index >= 15 is 0 Å². The molecule has 0 saturated carbocycles. The summed E-state index contributed by atoms with van der Waals surface area (Å²) in [4.78, 5) is 40.0. The van der Waals surface area contributed by atoms with Crippen LogP contribution in [-0.2, 0) is 13.1 Å². The van der Waals surface area contributed by atoms with Crippen LogP contribution < -0.4 is 21.1 Å². The van der Waals surface area contributed by atoms with Gasteiger partial charge in [0, 0.05) is 18.7 Å². The summed E-state index contributed by atoms with van der Waals surface area (Å²) in [5.74, 6) is -0.436. The molecule has 176 valence electrons. The van der Waals surface area contributed by atoms with Crippen LogP contribution in [0.4, 0.5) is 10.7 Å². The summed E-state index contributed by atoms with van der Waals surface area (Å²) in [6.07, 6.45) is -0.435. The molecule has 0 fully saturated rings. The van der Waals surface area contributed by atoms with E-state index in [0.29, 0.717) is 35.6 Å². The molecule has 0 aliphatic carbocycles. The molecule has 3 rings (SSSR count). The highest BCUT2D eigenvalue weighted by atomic mass is 16.5. The van der Waals surface area contributed by atoms with E-state index in [1.807, 2.05) is 20.8 Å². The number of hydrogen-bond donors (Lipinski definition) is 4. The molecule has 33 heavy (non-hydrogen) atoms. The van der Waals surface area contributed by atoms with Crippen molar-refractivity contribution >= 4 is 34.9 Å². The van der Waals surface area contributed by atoms with E-state index in [2.05, 4.69) is 20.7 Å². The van der Waals surface area contributed by atoms with Gasteiger partial charge in [0.15, 0.2) is 0 Å². The van der Waals surface area contributed by atoms with Gasteiger partial charge in [-0.3, -0.25) is 19.6 Å². The van der Waals surface area contributed by atoms with Crippen LogP contribution in [0.2, 0.25) is 0 Å². The van der Waals surface area contributed by atoms with Crippen LogP contribution in [0.3, 0.4) is 0 Å². The Balaban J connectivity index is 2.03. The molecule has 12 heteroatoms. The molecular weight excluding hydrogens is 430 g/mol. The molecule has 0 unspecified atom stereocenters. The SMILES string of the molecule is CCCn1c(NC(=O)c2cc(C)nn2CC)nc2cc(C(N)=O)cc(OCCNC(=O)O)c21. The zero-order valence-electron chi connectivity index (χ0n) is 18.7. The summed E-state index contributed by atoms with van der Waals surface area (Å²) in [7, 11) is 0. The largest absolute Gasteiger partial charge is 0.489 e. The fourth-order valence-corrected chi connectivity index (χ4v) is 3.47. The van der Waals surface area contributed by atoms with Crippen molar-refractivity contribution in [3.8, 4) is 5.75 Å². The van der Waals surface area contributed by atoms with Crippen molar-refractivity contribution in [3.63, 3.8) is 0 Å². The van der Waals surface area contributed by atoms with E-state index in [9.17, 15) is 14.4 Å². The first-order valence-electron chi connectivity index (χ1n) is 10.5. The zero-order chi connectivity index (χ0) is 24.1. The summed E-state index contributed by atoms with van der Waals surface area (Å²) in [5, 5.41) is 18.1. The van der Waals surface area contributed by atoms with Gasteiger partial charge in [0.2, 0.25) is 11.9 Å². The molecule has 0 bridgehead atoms. The van der Waals surface area contributed by atoms with Gasteiger partial charge in [-0.1, -0.05) is 6.92 Å². The molecule has 0 aliphatic rings. The number of carbonyl (C=O) groups excluding carboxylic acids is 2. The van der Waals surface area contributed by atoms with Crippen LogP contribution in [0.1, 0.15) is 46.8 Å². The molecule has 1 aromatic carbocycles. The third-order valence-electron chi connectivity index (χ3n) is 4.83. The monoisotopic (exact) mass is 457 g/mol. The average molecular weight is 457 g/mol. The normalized spacial score (nSPS) is 10.9. The molecule has 2 heterocycles. The van der Waals surface area contributed by atoms with Crippen LogP contribution in [0.5, 0.6) is 5.75 Å². The average Bonchev–Trinajstić information content (AvgIpc) is 3.31. The van der Waals surface area contributed by atoms with Gasteiger partial charge in [0.25, 0.3) is 5.91 Å². The lowest BCUT2D eigenvalue weighted by molar-refractivity contribution is 0.0995. The number of aryl methyl sites for hydroxylation is 3. The predicted molar refractivity (Wildman–Crippen MR) is 121 cm³/mol. The summed E-state index contributed by atoms with van der Waals surface area (Å²) in [6.45, 7) is 6.79. The van der Waals surface area contributed by atoms with Gasteiger partial charge in [-0.2, -0.15) is 5.10 Å². The number of rotatable bonds is 10. The second kappa shape index (κ2) is 10.0. The Morgan fingerprint density at radius 1 is 1.21 bits per heavy atom. The second-order valence-corrected chi connectivity index (χ2v) is 7.31. The number of nitrogens with zero attached hydrogens (tertiary/aromatic N) is 4. The number of carbonyl (C=O) groups is 3. The van der Waals surface area contributed by atoms with Gasteiger partial charge in [0.1, 0.15) is 23.6 Å². The lowest BCUT2D eigenvalue weighted by Gasteiger charge is -2.13.